The third kappa shape index (κ3) is 2.88. The van der Waals surface area contributed by atoms with Crippen molar-refractivity contribution in [3.63, 3.8) is 0 Å². The van der Waals surface area contributed by atoms with Crippen LogP contribution < -0.4 is 11.3 Å². The summed E-state index contributed by atoms with van der Waals surface area (Å²) in [6.07, 6.45) is 4.74. The number of hydrogen-bond acceptors (Lipinski definition) is 4. The van der Waals surface area contributed by atoms with Crippen LogP contribution in [0.2, 0.25) is 0 Å². The first kappa shape index (κ1) is 13.9. The maximum absolute atomic E-state index is 13.8. The number of aryl methyl sites for hydroxylation is 1. The van der Waals surface area contributed by atoms with Gasteiger partial charge in [-0.05, 0) is 31.4 Å². The van der Waals surface area contributed by atoms with Gasteiger partial charge in [0.2, 0.25) is 0 Å². The van der Waals surface area contributed by atoms with E-state index in [1.165, 1.54) is 18.9 Å². The van der Waals surface area contributed by atoms with Crippen LogP contribution in [0.25, 0.3) is 11.4 Å². The summed E-state index contributed by atoms with van der Waals surface area (Å²) in [7, 11) is 0. The summed E-state index contributed by atoms with van der Waals surface area (Å²) in [6.45, 7) is 1.74. The minimum atomic E-state index is -0.246. The first-order valence-corrected chi connectivity index (χ1v) is 7.29. The molecule has 0 aliphatic heterocycles. The second-order valence-corrected chi connectivity index (χ2v) is 5.59. The summed E-state index contributed by atoms with van der Waals surface area (Å²) in [4.78, 5) is 8.98. The molecule has 0 spiro atoms. The van der Waals surface area contributed by atoms with E-state index in [2.05, 4.69) is 15.4 Å². The molecule has 0 radical (unpaired) electrons. The summed E-state index contributed by atoms with van der Waals surface area (Å²) in [5, 5.41) is 0. The second-order valence-electron chi connectivity index (χ2n) is 5.59. The van der Waals surface area contributed by atoms with E-state index in [1.54, 1.807) is 13.0 Å². The monoisotopic (exact) mass is 286 g/mol. The Morgan fingerprint density at radius 3 is 2.62 bits per heavy atom. The number of hydrogen-bond donors (Lipinski definition) is 2. The molecule has 21 heavy (non-hydrogen) atoms. The molecule has 1 aromatic carbocycles. The molecule has 3 N–H and O–H groups in total. The largest absolute Gasteiger partial charge is 0.308 e. The molecular formula is C16H19FN4. The highest BCUT2D eigenvalue weighted by Gasteiger charge is 2.20. The zero-order chi connectivity index (χ0) is 14.8. The van der Waals surface area contributed by atoms with Gasteiger partial charge in [-0.15, -0.1) is 0 Å². The van der Waals surface area contributed by atoms with Crippen molar-refractivity contribution >= 4 is 5.82 Å². The van der Waals surface area contributed by atoms with Crippen LogP contribution in [0.1, 0.15) is 42.9 Å². The SMILES string of the molecule is Cc1ccc(-c2nc(NN)cc(C3CCCC3)n2)cc1F. The molecule has 2 aromatic rings. The van der Waals surface area contributed by atoms with Crippen molar-refractivity contribution in [3.8, 4) is 11.4 Å². The van der Waals surface area contributed by atoms with E-state index in [0.717, 1.165) is 18.5 Å². The normalized spacial score (nSPS) is 15.4. The minimum absolute atomic E-state index is 0.246. The fourth-order valence-corrected chi connectivity index (χ4v) is 2.83. The molecule has 0 saturated heterocycles. The number of benzene rings is 1. The smallest absolute Gasteiger partial charge is 0.161 e. The molecule has 3 rings (SSSR count). The lowest BCUT2D eigenvalue weighted by Gasteiger charge is -2.12. The summed E-state index contributed by atoms with van der Waals surface area (Å²) in [6, 6.07) is 6.95. The van der Waals surface area contributed by atoms with Gasteiger partial charge in [0.25, 0.3) is 0 Å². The Hall–Kier alpha value is -2.01. The van der Waals surface area contributed by atoms with Crippen LogP contribution in [0.3, 0.4) is 0 Å². The van der Waals surface area contributed by atoms with Crippen molar-refractivity contribution in [2.24, 2.45) is 5.84 Å². The number of rotatable bonds is 3. The van der Waals surface area contributed by atoms with Gasteiger partial charge < -0.3 is 5.43 Å². The lowest BCUT2D eigenvalue weighted by molar-refractivity contribution is 0.619. The van der Waals surface area contributed by atoms with E-state index in [-0.39, 0.29) is 5.82 Å². The molecule has 1 aliphatic rings. The Labute approximate surface area is 123 Å². The summed E-state index contributed by atoms with van der Waals surface area (Å²) < 4.78 is 13.8. The average molecular weight is 286 g/mol. The van der Waals surface area contributed by atoms with E-state index in [4.69, 9.17) is 5.84 Å². The molecule has 0 atom stereocenters. The minimum Gasteiger partial charge on any atom is -0.308 e. The van der Waals surface area contributed by atoms with Crippen molar-refractivity contribution in [2.75, 3.05) is 5.43 Å². The maximum atomic E-state index is 13.8. The predicted molar refractivity (Wildman–Crippen MR) is 81.2 cm³/mol. The summed E-state index contributed by atoms with van der Waals surface area (Å²) in [5.74, 6) is 6.80. The molecule has 0 bridgehead atoms. The number of nitrogen functional groups attached to an aromatic ring is 1. The molecule has 1 saturated carbocycles. The first-order chi connectivity index (χ1) is 10.2. The molecule has 5 heteroatoms. The molecule has 1 aliphatic carbocycles. The molecule has 4 nitrogen and oxygen atoms in total. The number of nitrogens with zero attached hydrogens (tertiary/aromatic N) is 2. The van der Waals surface area contributed by atoms with Gasteiger partial charge >= 0.3 is 0 Å². The third-order valence-electron chi connectivity index (χ3n) is 4.10. The topological polar surface area (TPSA) is 63.8 Å². The lowest BCUT2D eigenvalue weighted by atomic mass is 10.0. The van der Waals surface area contributed by atoms with Crippen molar-refractivity contribution in [1.82, 2.24) is 9.97 Å². The van der Waals surface area contributed by atoms with Crippen molar-refractivity contribution < 1.29 is 4.39 Å². The molecule has 1 fully saturated rings. The van der Waals surface area contributed by atoms with Gasteiger partial charge in [-0.3, -0.25) is 0 Å². The first-order valence-electron chi connectivity index (χ1n) is 7.29. The zero-order valence-electron chi connectivity index (χ0n) is 12.1. The van der Waals surface area contributed by atoms with Gasteiger partial charge in [-0.1, -0.05) is 25.0 Å². The summed E-state index contributed by atoms with van der Waals surface area (Å²) >= 11 is 0. The molecule has 0 unspecified atom stereocenters. The van der Waals surface area contributed by atoms with Crippen molar-refractivity contribution in [3.05, 3.63) is 41.3 Å². The van der Waals surface area contributed by atoms with E-state index in [1.807, 2.05) is 12.1 Å². The van der Waals surface area contributed by atoms with Gasteiger partial charge in [0, 0.05) is 23.2 Å². The molecule has 110 valence electrons. The van der Waals surface area contributed by atoms with Crippen LogP contribution in [0.4, 0.5) is 10.2 Å². The fraction of sp³-hybridized carbons (Fsp3) is 0.375. The van der Waals surface area contributed by atoms with E-state index in [0.29, 0.717) is 28.7 Å². The Bertz CT molecular complexity index is 651. The molecule has 1 aromatic heterocycles. The number of aromatic nitrogens is 2. The fourth-order valence-electron chi connectivity index (χ4n) is 2.83. The van der Waals surface area contributed by atoms with Crippen LogP contribution in [-0.2, 0) is 0 Å². The Morgan fingerprint density at radius 1 is 1.19 bits per heavy atom. The Balaban J connectivity index is 2.04. The Kier molecular flexibility index (Phi) is 3.84. The van der Waals surface area contributed by atoms with Gasteiger partial charge in [0.15, 0.2) is 5.82 Å². The van der Waals surface area contributed by atoms with E-state index in [9.17, 15) is 4.39 Å². The van der Waals surface area contributed by atoms with Crippen molar-refractivity contribution in [1.29, 1.82) is 0 Å². The number of nitrogens with two attached hydrogens (primary N) is 1. The summed E-state index contributed by atoms with van der Waals surface area (Å²) in [5.41, 5.74) is 4.86. The quantitative estimate of drug-likeness (QED) is 0.669. The standard InChI is InChI=1S/C16H19FN4/c1-10-6-7-12(8-13(10)17)16-19-14(9-15(20-16)21-18)11-4-2-3-5-11/h6-9,11H,2-5,18H2,1H3,(H,19,20,21). The van der Waals surface area contributed by atoms with Crippen LogP contribution in [0.15, 0.2) is 24.3 Å². The average Bonchev–Trinajstić information content (AvgIpc) is 3.04. The van der Waals surface area contributed by atoms with Crippen LogP contribution >= 0.6 is 0 Å². The zero-order valence-corrected chi connectivity index (χ0v) is 12.1. The van der Waals surface area contributed by atoms with Crippen LogP contribution in [-0.4, -0.2) is 9.97 Å². The van der Waals surface area contributed by atoms with E-state index < -0.39 is 0 Å². The number of halogens is 1. The number of hydrazine groups is 1. The van der Waals surface area contributed by atoms with E-state index >= 15 is 0 Å². The lowest BCUT2D eigenvalue weighted by Crippen LogP contribution is -2.11. The second kappa shape index (κ2) is 5.77. The van der Waals surface area contributed by atoms with Crippen LogP contribution in [0.5, 0.6) is 0 Å². The number of nitrogens with one attached hydrogen (secondary N) is 1. The highest BCUT2D eigenvalue weighted by Crippen LogP contribution is 2.34. The number of anilines is 1. The molecule has 0 amide bonds. The maximum Gasteiger partial charge on any atom is 0.161 e. The highest BCUT2D eigenvalue weighted by molar-refractivity contribution is 5.58. The van der Waals surface area contributed by atoms with Crippen molar-refractivity contribution in [2.45, 2.75) is 38.5 Å². The third-order valence-corrected chi connectivity index (χ3v) is 4.10. The molecular weight excluding hydrogens is 267 g/mol. The van der Waals surface area contributed by atoms with Gasteiger partial charge in [-0.25, -0.2) is 20.2 Å². The Morgan fingerprint density at radius 2 is 1.95 bits per heavy atom. The highest BCUT2D eigenvalue weighted by atomic mass is 19.1. The van der Waals surface area contributed by atoms with Crippen LogP contribution in [0, 0.1) is 12.7 Å². The van der Waals surface area contributed by atoms with Gasteiger partial charge in [-0.2, -0.15) is 0 Å². The molecule has 1 heterocycles. The van der Waals surface area contributed by atoms with Gasteiger partial charge in [0.05, 0.1) is 0 Å². The van der Waals surface area contributed by atoms with Gasteiger partial charge in [0.1, 0.15) is 11.6 Å². The predicted octanol–water partition coefficient (Wildman–Crippen LogP) is 3.53.